The molecule has 4 heterocycles. The Kier molecular flexibility index (Phi) is 15.5. The zero-order chi connectivity index (χ0) is 39.4. The topological polar surface area (TPSA) is 112 Å². The molecule has 1 aliphatic carbocycles. The van der Waals surface area contributed by atoms with Gasteiger partial charge in [-0.25, -0.2) is 9.97 Å². The summed E-state index contributed by atoms with van der Waals surface area (Å²) in [5, 5.41) is 3.94. The lowest BCUT2D eigenvalue weighted by Crippen LogP contribution is -2.58. The third-order valence-electron chi connectivity index (χ3n) is 12.9. The molecule has 12 heteroatoms. The zero-order valence-corrected chi connectivity index (χ0v) is 35.6. The molecule has 0 radical (unpaired) electrons. The van der Waals surface area contributed by atoms with E-state index in [0.29, 0.717) is 24.3 Å². The van der Waals surface area contributed by atoms with Gasteiger partial charge in [-0.2, -0.15) is 5.48 Å². The minimum absolute atomic E-state index is 0.0126. The third kappa shape index (κ3) is 11.9. The molecule has 0 atom stereocenters. The predicted octanol–water partition coefficient (Wildman–Crippen LogP) is 8.25. The van der Waals surface area contributed by atoms with Crippen LogP contribution < -0.4 is 15.7 Å². The summed E-state index contributed by atoms with van der Waals surface area (Å²) in [6, 6.07) is 8.63. The summed E-state index contributed by atoms with van der Waals surface area (Å²) in [7, 11) is 0. The van der Waals surface area contributed by atoms with E-state index in [4.69, 9.17) is 19.5 Å². The molecule has 4 aliphatic rings. The highest BCUT2D eigenvalue weighted by Gasteiger charge is 2.49. The van der Waals surface area contributed by atoms with E-state index in [1.54, 1.807) is 11.8 Å². The van der Waals surface area contributed by atoms with Gasteiger partial charge in [-0.05, 0) is 109 Å². The summed E-state index contributed by atoms with van der Waals surface area (Å²) in [6.07, 6.45) is 19.8. The smallest absolute Gasteiger partial charge is 0.306 e. The first-order chi connectivity index (χ1) is 27.1. The Morgan fingerprint density at radius 2 is 1.70 bits per heavy atom. The third-order valence-corrected chi connectivity index (χ3v) is 13.8. The minimum atomic E-state index is -0.228. The van der Waals surface area contributed by atoms with Crippen LogP contribution in [0.1, 0.15) is 130 Å². The van der Waals surface area contributed by atoms with Crippen LogP contribution in [0.2, 0.25) is 0 Å². The van der Waals surface area contributed by atoms with Crippen molar-refractivity contribution in [3.8, 4) is 0 Å². The highest BCUT2D eigenvalue weighted by Crippen LogP contribution is 2.44. The molecule has 3 aliphatic heterocycles. The standard InChI is InChI=1S/C44H69N7O4S/c1-5-8-28-54-48-42(4)21-25-50(26-22-42)38-30-46-40(31-45-38)56-37-15-13-14-35(29-37)47-39(52)16-11-9-10-12-24-49-32-43(33-49)23-27-51(34-43)36-17-19-44(7-3,20-18-36)55-41(53)6-2/h13-15,29-31,36,48H,5-12,16-28,32-34H2,1-4H3,(H,47,52). The van der Waals surface area contributed by atoms with Crippen molar-refractivity contribution in [2.45, 2.75) is 158 Å². The van der Waals surface area contributed by atoms with Gasteiger partial charge in [0.15, 0.2) is 0 Å². The van der Waals surface area contributed by atoms with Crippen LogP contribution in [-0.2, 0) is 19.2 Å². The lowest BCUT2D eigenvalue weighted by molar-refractivity contribution is -0.165. The van der Waals surface area contributed by atoms with Gasteiger partial charge >= 0.3 is 5.97 Å². The Hall–Kier alpha value is -2.77. The quantitative estimate of drug-likeness (QED) is 0.0769. The Morgan fingerprint density at radius 3 is 2.41 bits per heavy atom. The van der Waals surface area contributed by atoms with E-state index in [0.717, 1.165) is 112 Å². The molecular weight excluding hydrogens is 723 g/mol. The second kappa shape index (κ2) is 20.3. The molecule has 1 saturated carbocycles. The molecule has 0 bridgehead atoms. The molecule has 4 fully saturated rings. The molecule has 2 aromatic rings. The second-order valence-electron chi connectivity index (χ2n) is 17.4. The lowest BCUT2D eigenvalue weighted by Gasteiger charge is -2.49. The van der Waals surface area contributed by atoms with Crippen molar-refractivity contribution in [3.05, 3.63) is 36.7 Å². The number of rotatable bonds is 20. The van der Waals surface area contributed by atoms with E-state index in [1.807, 2.05) is 43.6 Å². The molecule has 2 N–H and O–H groups in total. The first-order valence-corrected chi connectivity index (χ1v) is 22.7. The largest absolute Gasteiger partial charge is 0.459 e. The normalized spacial score (nSPS) is 23.6. The first kappa shape index (κ1) is 42.8. The number of likely N-dealkylation sites (tertiary alicyclic amines) is 2. The number of carbonyl (C=O) groups is 2. The molecule has 0 unspecified atom stereocenters. The molecule has 56 heavy (non-hydrogen) atoms. The first-order valence-electron chi connectivity index (χ1n) is 21.9. The summed E-state index contributed by atoms with van der Waals surface area (Å²) in [6.45, 7) is 17.1. The van der Waals surface area contributed by atoms with Gasteiger partial charge in [-0.3, -0.25) is 14.5 Å². The van der Waals surface area contributed by atoms with Crippen LogP contribution in [0.25, 0.3) is 0 Å². The SMILES string of the molecule is CCCCONC1(C)CCN(c2cnc(Sc3cccc(NC(=O)CCCCCCN4CC5(CCN(C6CCC(CC)(OC(=O)CC)CC6)C5)C4)c3)cn2)CC1. The van der Waals surface area contributed by atoms with Gasteiger partial charge in [0.1, 0.15) is 16.4 Å². The molecule has 1 aromatic heterocycles. The number of nitrogens with zero attached hydrogens (tertiary/aromatic N) is 5. The van der Waals surface area contributed by atoms with Crippen LogP contribution in [-0.4, -0.2) is 101 Å². The number of anilines is 2. The van der Waals surface area contributed by atoms with Crippen molar-refractivity contribution in [2.75, 3.05) is 62.6 Å². The Labute approximate surface area is 340 Å². The summed E-state index contributed by atoms with van der Waals surface area (Å²) >= 11 is 1.56. The predicted molar refractivity (Wildman–Crippen MR) is 225 cm³/mol. The van der Waals surface area contributed by atoms with Crippen molar-refractivity contribution < 1.29 is 19.2 Å². The number of hydroxylamine groups is 1. The molecule has 3 saturated heterocycles. The van der Waals surface area contributed by atoms with Crippen molar-refractivity contribution in [1.29, 1.82) is 0 Å². The van der Waals surface area contributed by atoms with Crippen molar-refractivity contribution in [3.63, 3.8) is 0 Å². The van der Waals surface area contributed by atoms with Crippen LogP contribution in [0.4, 0.5) is 11.5 Å². The van der Waals surface area contributed by atoms with Crippen molar-refractivity contribution in [2.24, 2.45) is 5.41 Å². The molecule has 11 nitrogen and oxygen atoms in total. The Bertz CT molecular complexity index is 1540. The van der Waals surface area contributed by atoms with Crippen molar-refractivity contribution >= 4 is 35.1 Å². The molecule has 1 aromatic carbocycles. The number of hydrogen-bond acceptors (Lipinski definition) is 11. The number of carbonyl (C=O) groups excluding carboxylic acids is 2. The summed E-state index contributed by atoms with van der Waals surface area (Å²) in [5.41, 5.74) is 4.36. The summed E-state index contributed by atoms with van der Waals surface area (Å²) in [5.74, 6) is 0.932. The highest BCUT2D eigenvalue weighted by atomic mass is 32.2. The van der Waals surface area contributed by atoms with Gasteiger partial charge in [0.25, 0.3) is 0 Å². The number of esters is 1. The lowest BCUT2D eigenvalue weighted by atomic mass is 9.78. The molecule has 310 valence electrons. The maximum Gasteiger partial charge on any atom is 0.306 e. The Morgan fingerprint density at radius 1 is 0.911 bits per heavy atom. The number of unbranched alkanes of at least 4 members (excludes halogenated alkanes) is 4. The van der Waals surface area contributed by atoms with Gasteiger partial charge < -0.3 is 24.7 Å². The van der Waals surface area contributed by atoms with E-state index >= 15 is 0 Å². The molecule has 1 amide bonds. The Balaban J connectivity index is 0.815. The van der Waals surface area contributed by atoms with Crippen molar-refractivity contribution in [1.82, 2.24) is 25.2 Å². The van der Waals surface area contributed by atoms with E-state index in [-0.39, 0.29) is 23.0 Å². The maximum absolute atomic E-state index is 12.8. The minimum Gasteiger partial charge on any atom is -0.459 e. The zero-order valence-electron chi connectivity index (χ0n) is 34.8. The average Bonchev–Trinajstić information content (AvgIpc) is 3.64. The molecule has 1 spiro atoms. The van der Waals surface area contributed by atoms with E-state index in [1.165, 1.54) is 52.0 Å². The second-order valence-corrected chi connectivity index (χ2v) is 18.5. The van der Waals surface area contributed by atoms with Gasteiger partial charge in [0, 0.05) is 73.1 Å². The number of piperidine rings is 1. The fraction of sp³-hybridized carbons (Fsp3) is 0.727. The number of ether oxygens (including phenoxy) is 1. The summed E-state index contributed by atoms with van der Waals surface area (Å²) in [4.78, 5) is 48.7. The van der Waals surface area contributed by atoms with Crippen LogP contribution in [0.15, 0.2) is 46.6 Å². The van der Waals surface area contributed by atoms with Gasteiger partial charge in [0.2, 0.25) is 5.91 Å². The van der Waals surface area contributed by atoms with Gasteiger partial charge in [-0.15, -0.1) is 0 Å². The highest BCUT2D eigenvalue weighted by molar-refractivity contribution is 7.99. The number of aromatic nitrogens is 2. The average molecular weight is 792 g/mol. The molecular formula is C44H69N7O4S. The molecule has 6 rings (SSSR count). The van der Waals surface area contributed by atoms with Crippen LogP contribution >= 0.6 is 11.8 Å². The van der Waals surface area contributed by atoms with Crippen LogP contribution in [0.5, 0.6) is 0 Å². The van der Waals surface area contributed by atoms with E-state index < -0.39 is 0 Å². The fourth-order valence-electron chi connectivity index (χ4n) is 9.19. The summed E-state index contributed by atoms with van der Waals surface area (Å²) < 4.78 is 5.93. The fourth-order valence-corrected chi connectivity index (χ4v) is 9.97. The number of amides is 1. The van der Waals surface area contributed by atoms with E-state index in [2.05, 4.69) is 46.3 Å². The number of nitrogens with one attached hydrogen (secondary N) is 2. The van der Waals surface area contributed by atoms with Gasteiger partial charge in [0.05, 0.1) is 19.0 Å². The van der Waals surface area contributed by atoms with Gasteiger partial charge in [-0.1, -0.05) is 57.9 Å². The number of benzene rings is 1. The maximum atomic E-state index is 12.8. The van der Waals surface area contributed by atoms with E-state index in [9.17, 15) is 9.59 Å². The van der Waals surface area contributed by atoms with Crippen LogP contribution in [0, 0.1) is 5.41 Å². The van der Waals surface area contributed by atoms with Crippen LogP contribution in [0.3, 0.4) is 0 Å². The monoisotopic (exact) mass is 792 g/mol. The number of hydrogen-bond donors (Lipinski definition) is 2.